The third-order valence-corrected chi connectivity index (χ3v) is 3.95. The van der Waals surface area contributed by atoms with Gasteiger partial charge in [-0.3, -0.25) is 14.3 Å². The number of amides is 1. The van der Waals surface area contributed by atoms with Gasteiger partial charge in [-0.2, -0.15) is 0 Å². The second kappa shape index (κ2) is 7.00. The molecule has 0 aliphatic carbocycles. The maximum Gasteiger partial charge on any atom is 0.291 e. The average Bonchev–Trinajstić information content (AvgIpc) is 2.89. The molecule has 1 N–H and O–H groups in total. The van der Waals surface area contributed by atoms with Crippen molar-refractivity contribution in [2.45, 2.75) is 19.9 Å². The van der Waals surface area contributed by atoms with Crippen LogP contribution in [0.15, 0.2) is 65.5 Å². The molecule has 3 aromatic rings. The van der Waals surface area contributed by atoms with Gasteiger partial charge in [-0.25, -0.2) is 4.68 Å². The number of anilines is 1. The van der Waals surface area contributed by atoms with Crippen molar-refractivity contribution >= 4 is 12.1 Å². The number of benzene rings is 2. The first-order chi connectivity index (χ1) is 11.8. The Morgan fingerprint density at radius 2 is 1.62 bits per heavy atom. The Morgan fingerprint density at radius 1 is 1.00 bits per heavy atom. The summed E-state index contributed by atoms with van der Waals surface area (Å²) in [5.41, 5.74) is 2.84. The van der Waals surface area contributed by atoms with E-state index in [2.05, 4.69) is 5.32 Å². The Morgan fingerprint density at radius 3 is 2.21 bits per heavy atom. The lowest BCUT2D eigenvalue weighted by Crippen LogP contribution is -2.24. The minimum absolute atomic E-state index is 0.202. The SMILES string of the molecule is CCc1c(NC=O)c(=O)n(Cc2ccccc2)n1-c1ccccc1. The highest BCUT2D eigenvalue weighted by molar-refractivity contribution is 5.72. The highest BCUT2D eigenvalue weighted by atomic mass is 16.1. The second-order valence-corrected chi connectivity index (χ2v) is 5.43. The number of carbonyl (C=O) groups is 1. The Balaban J connectivity index is 2.22. The van der Waals surface area contributed by atoms with Gasteiger partial charge >= 0.3 is 0 Å². The Hall–Kier alpha value is -3.08. The first-order valence-corrected chi connectivity index (χ1v) is 7.90. The number of carbonyl (C=O) groups excluding carboxylic acids is 1. The summed E-state index contributed by atoms with van der Waals surface area (Å²) in [6, 6.07) is 19.5. The van der Waals surface area contributed by atoms with E-state index in [1.165, 1.54) is 0 Å². The van der Waals surface area contributed by atoms with Gasteiger partial charge in [-0.1, -0.05) is 55.5 Å². The summed E-state index contributed by atoms with van der Waals surface area (Å²) in [6.07, 6.45) is 1.18. The fourth-order valence-corrected chi connectivity index (χ4v) is 2.89. The van der Waals surface area contributed by atoms with Crippen LogP contribution in [0.5, 0.6) is 0 Å². The summed E-state index contributed by atoms with van der Waals surface area (Å²) in [7, 11) is 0. The lowest BCUT2D eigenvalue weighted by Gasteiger charge is -2.14. The van der Waals surface area contributed by atoms with Crippen LogP contribution < -0.4 is 10.9 Å². The summed E-state index contributed by atoms with van der Waals surface area (Å²) in [6.45, 7) is 2.40. The number of hydrogen-bond donors (Lipinski definition) is 1. The fourth-order valence-electron chi connectivity index (χ4n) is 2.89. The molecule has 0 fully saturated rings. The van der Waals surface area contributed by atoms with Crippen molar-refractivity contribution in [2.24, 2.45) is 0 Å². The lowest BCUT2D eigenvalue weighted by atomic mass is 10.2. The Kier molecular flexibility index (Phi) is 4.61. The summed E-state index contributed by atoms with van der Waals surface area (Å²) in [5.74, 6) is 0. The number of nitrogens with one attached hydrogen (secondary N) is 1. The van der Waals surface area contributed by atoms with Crippen LogP contribution in [0.3, 0.4) is 0 Å². The molecule has 0 unspecified atom stereocenters. The molecule has 122 valence electrons. The zero-order valence-corrected chi connectivity index (χ0v) is 13.5. The van der Waals surface area contributed by atoms with Gasteiger partial charge in [-0.05, 0) is 24.1 Å². The van der Waals surface area contributed by atoms with Crippen LogP contribution in [-0.2, 0) is 17.8 Å². The minimum Gasteiger partial charge on any atom is -0.323 e. The van der Waals surface area contributed by atoms with Crippen molar-refractivity contribution in [1.82, 2.24) is 9.36 Å². The number of hydrogen-bond acceptors (Lipinski definition) is 2. The predicted molar refractivity (Wildman–Crippen MR) is 94.6 cm³/mol. The lowest BCUT2D eigenvalue weighted by molar-refractivity contribution is -0.105. The topological polar surface area (TPSA) is 56.0 Å². The van der Waals surface area contributed by atoms with E-state index in [-0.39, 0.29) is 5.56 Å². The van der Waals surface area contributed by atoms with Gasteiger partial charge in [0.2, 0.25) is 6.41 Å². The van der Waals surface area contributed by atoms with Gasteiger partial charge in [0, 0.05) is 0 Å². The van der Waals surface area contributed by atoms with Gasteiger partial charge in [0.25, 0.3) is 5.56 Å². The number of aromatic nitrogens is 2. The van der Waals surface area contributed by atoms with Crippen LogP contribution in [0.2, 0.25) is 0 Å². The number of para-hydroxylation sites is 1. The highest BCUT2D eigenvalue weighted by Gasteiger charge is 2.19. The van der Waals surface area contributed by atoms with Gasteiger partial charge in [0.15, 0.2) is 0 Å². The van der Waals surface area contributed by atoms with Crippen molar-refractivity contribution in [1.29, 1.82) is 0 Å². The van der Waals surface area contributed by atoms with Crippen LogP contribution in [0.1, 0.15) is 18.2 Å². The van der Waals surface area contributed by atoms with Crippen LogP contribution in [0, 0.1) is 0 Å². The fraction of sp³-hybridized carbons (Fsp3) is 0.158. The monoisotopic (exact) mass is 321 g/mol. The molecule has 1 aromatic heterocycles. The molecule has 5 heteroatoms. The van der Waals surface area contributed by atoms with Crippen molar-refractivity contribution in [3.05, 3.63) is 82.3 Å². The van der Waals surface area contributed by atoms with E-state index in [9.17, 15) is 9.59 Å². The normalized spacial score (nSPS) is 10.5. The van der Waals surface area contributed by atoms with Crippen molar-refractivity contribution in [3.63, 3.8) is 0 Å². The number of nitrogens with zero attached hydrogens (tertiary/aromatic N) is 2. The number of rotatable bonds is 6. The smallest absolute Gasteiger partial charge is 0.291 e. The molecule has 5 nitrogen and oxygen atoms in total. The maximum absolute atomic E-state index is 12.9. The molecule has 0 aliphatic heterocycles. The largest absolute Gasteiger partial charge is 0.323 e. The molecule has 0 radical (unpaired) electrons. The molecule has 1 amide bonds. The maximum atomic E-state index is 12.9. The summed E-state index contributed by atoms with van der Waals surface area (Å²) >= 11 is 0. The second-order valence-electron chi connectivity index (χ2n) is 5.43. The molecule has 1 heterocycles. The van der Waals surface area contributed by atoms with E-state index >= 15 is 0 Å². The van der Waals surface area contributed by atoms with Crippen molar-refractivity contribution < 1.29 is 4.79 Å². The third-order valence-electron chi connectivity index (χ3n) is 3.95. The van der Waals surface area contributed by atoms with Crippen LogP contribution in [0.4, 0.5) is 5.69 Å². The first kappa shape index (κ1) is 15.8. The van der Waals surface area contributed by atoms with E-state index in [0.717, 1.165) is 16.9 Å². The Bertz CT molecular complexity index is 880. The molecule has 0 saturated carbocycles. The zero-order chi connectivity index (χ0) is 16.9. The van der Waals surface area contributed by atoms with Crippen molar-refractivity contribution in [3.8, 4) is 5.69 Å². The van der Waals surface area contributed by atoms with E-state index < -0.39 is 0 Å². The third kappa shape index (κ3) is 2.88. The molecule has 0 atom stereocenters. The summed E-state index contributed by atoms with van der Waals surface area (Å²) in [4.78, 5) is 23.8. The Labute approximate surface area is 140 Å². The van der Waals surface area contributed by atoms with E-state index in [1.54, 1.807) is 4.68 Å². The van der Waals surface area contributed by atoms with Crippen LogP contribution >= 0.6 is 0 Å². The predicted octanol–water partition coefficient (Wildman–Crippen LogP) is 2.82. The van der Waals surface area contributed by atoms with E-state index in [4.69, 9.17) is 0 Å². The molecule has 24 heavy (non-hydrogen) atoms. The van der Waals surface area contributed by atoms with E-state index in [1.807, 2.05) is 72.3 Å². The zero-order valence-electron chi connectivity index (χ0n) is 13.5. The molecule has 3 rings (SSSR count). The molecule has 0 bridgehead atoms. The van der Waals surface area contributed by atoms with Gasteiger partial charge in [0.1, 0.15) is 5.69 Å². The van der Waals surface area contributed by atoms with Crippen LogP contribution in [-0.4, -0.2) is 15.8 Å². The minimum atomic E-state index is -0.202. The average molecular weight is 321 g/mol. The van der Waals surface area contributed by atoms with Crippen LogP contribution in [0.25, 0.3) is 5.69 Å². The molecule has 2 aromatic carbocycles. The molecular formula is C19H19N3O2. The standard InChI is InChI=1S/C19H19N3O2/c1-2-17-18(20-14-23)19(24)21(13-15-9-5-3-6-10-15)22(17)16-11-7-4-8-12-16/h3-12,14H,2,13H2,1H3,(H,20,23). The van der Waals surface area contributed by atoms with E-state index in [0.29, 0.717) is 25.1 Å². The molecule has 0 saturated heterocycles. The summed E-state index contributed by atoms with van der Waals surface area (Å²) in [5, 5.41) is 2.58. The van der Waals surface area contributed by atoms with Crippen molar-refractivity contribution in [2.75, 3.05) is 5.32 Å². The molecule has 0 spiro atoms. The molecular weight excluding hydrogens is 302 g/mol. The highest BCUT2D eigenvalue weighted by Crippen LogP contribution is 2.19. The van der Waals surface area contributed by atoms with Gasteiger partial charge in [-0.15, -0.1) is 0 Å². The first-order valence-electron chi connectivity index (χ1n) is 7.90. The summed E-state index contributed by atoms with van der Waals surface area (Å²) < 4.78 is 3.55. The van der Waals surface area contributed by atoms with Gasteiger partial charge < -0.3 is 5.32 Å². The molecule has 0 aliphatic rings. The quantitative estimate of drug-likeness (QED) is 0.710. The van der Waals surface area contributed by atoms with Gasteiger partial charge in [0.05, 0.1) is 17.9 Å².